The number of ether oxygens (including phenoxy) is 1. The summed E-state index contributed by atoms with van der Waals surface area (Å²) < 4.78 is 103. The highest BCUT2D eigenvalue weighted by atomic mass is 32.2. The third-order valence-electron chi connectivity index (χ3n) is 7.01. The predicted octanol–water partition coefficient (Wildman–Crippen LogP) is 7.84. The van der Waals surface area contributed by atoms with Crippen LogP contribution in [0.5, 0.6) is 5.75 Å². The van der Waals surface area contributed by atoms with Crippen molar-refractivity contribution < 1.29 is 40.3 Å². The summed E-state index contributed by atoms with van der Waals surface area (Å²) in [6, 6.07) is 12.6. The fraction of sp³-hybridized carbons (Fsp3) is 0.200. The number of ketones is 1. The minimum absolute atomic E-state index is 0.0102. The quantitative estimate of drug-likeness (QED) is 0.159. The highest BCUT2D eigenvalue weighted by Gasteiger charge is 2.38. The Bertz CT molecular complexity index is 1740. The Morgan fingerprint density at radius 3 is 2.36 bits per heavy atom. The average Bonchev–Trinajstić information content (AvgIpc) is 3.38. The molecule has 0 saturated carbocycles. The van der Waals surface area contributed by atoms with Gasteiger partial charge >= 0.3 is 12.8 Å². The van der Waals surface area contributed by atoms with E-state index in [2.05, 4.69) is 4.74 Å². The highest BCUT2D eigenvalue weighted by molar-refractivity contribution is 7.99. The number of Topliss-reactive ketones (excluding diaryl/α,β-unsaturated/α-hetero) is 1. The SMILES string of the molecule is Cc1c(Cc2c(F)cccc2C(F)(F)F)c2n(c(=O)c1-c1cccc(OC(F)F)c1F)C(C(=O)c1ccccc1)CS2. The number of carbonyl (C=O) groups is 1. The Hall–Kier alpha value is -4.06. The standard InChI is InChI=1S/C30H20F7NO3S/c1-15-18(13-19-20(30(35,36)37)10-6-11-21(19)31)28-38(22(14-42-28)26(39)16-7-3-2-4-8-16)27(40)24(15)17-9-5-12-23(25(17)32)41-29(33)34/h2-12,22,29H,13-14H2,1H3. The monoisotopic (exact) mass is 607 g/mol. The molecule has 0 aliphatic carbocycles. The molecule has 2 heterocycles. The first-order chi connectivity index (χ1) is 19.9. The molecule has 12 heteroatoms. The van der Waals surface area contributed by atoms with Crippen LogP contribution in [0.25, 0.3) is 11.1 Å². The Balaban J connectivity index is 1.79. The fourth-order valence-electron chi connectivity index (χ4n) is 5.09. The summed E-state index contributed by atoms with van der Waals surface area (Å²) in [5.74, 6) is -3.74. The Labute approximate surface area is 238 Å². The highest BCUT2D eigenvalue weighted by Crippen LogP contribution is 2.43. The molecule has 0 radical (unpaired) electrons. The van der Waals surface area contributed by atoms with E-state index in [0.717, 1.165) is 46.7 Å². The van der Waals surface area contributed by atoms with E-state index in [-0.39, 0.29) is 33.0 Å². The molecule has 42 heavy (non-hydrogen) atoms. The van der Waals surface area contributed by atoms with Gasteiger partial charge in [-0.05, 0) is 36.2 Å². The van der Waals surface area contributed by atoms with Crippen molar-refractivity contribution in [3.63, 3.8) is 0 Å². The van der Waals surface area contributed by atoms with Crippen LogP contribution in [0.2, 0.25) is 0 Å². The molecule has 0 amide bonds. The Morgan fingerprint density at radius 1 is 1.00 bits per heavy atom. The number of hydrogen-bond donors (Lipinski definition) is 0. The zero-order valence-corrected chi connectivity index (χ0v) is 22.5. The molecule has 3 aromatic carbocycles. The van der Waals surface area contributed by atoms with Gasteiger partial charge in [0, 0.05) is 28.9 Å². The largest absolute Gasteiger partial charge is 0.432 e. The maximum atomic E-state index is 15.5. The van der Waals surface area contributed by atoms with Gasteiger partial charge in [0.2, 0.25) is 0 Å². The minimum Gasteiger partial charge on any atom is -0.432 e. The molecule has 0 N–H and O–H groups in total. The Kier molecular flexibility index (Phi) is 7.93. The maximum absolute atomic E-state index is 15.5. The van der Waals surface area contributed by atoms with E-state index in [1.807, 2.05) is 0 Å². The van der Waals surface area contributed by atoms with Gasteiger partial charge in [-0.2, -0.15) is 22.0 Å². The summed E-state index contributed by atoms with van der Waals surface area (Å²) >= 11 is 1.03. The molecule has 4 nitrogen and oxygen atoms in total. The van der Waals surface area contributed by atoms with Crippen molar-refractivity contribution in [2.24, 2.45) is 0 Å². The fourth-order valence-corrected chi connectivity index (χ4v) is 6.45. The van der Waals surface area contributed by atoms with Gasteiger partial charge in [0.15, 0.2) is 17.3 Å². The molecule has 1 aromatic heterocycles. The van der Waals surface area contributed by atoms with Crippen LogP contribution in [0.4, 0.5) is 30.7 Å². The zero-order valence-electron chi connectivity index (χ0n) is 21.6. The number of halogens is 7. The summed E-state index contributed by atoms with van der Waals surface area (Å²) in [6.45, 7) is -2.02. The van der Waals surface area contributed by atoms with Gasteiger partial charge in [-0.25, -0.2) is 8.78 Å². The van der Waals surface area contributed by atoms with Crippen LogP contribution >= 0.6 is 11.8 Å². The molecule has 5 rings (SSSR count). The van der Waals surface area contributed by atoms with Crippen molar-refractivity contribution in [3.05, 3.63) is 117 Å². The second-order valence-corrected chi connectivity index (χ2v) is 10.5. The number of rotatable bonds is 7. The van der Waals surface area contributed by atoms with Gasteiger partial charge in [0.1, 0.15) is 11.9 Å². The molecule has 1 aliphatic rings. The minimum atomic E-state index is -4.91. The van der Waals surface area contributed by atoms with Crippen LogP contribution in [0.1, 0.15) is 38.7 Å². The first-order valence-corrected chi connectivity index (χ1v) is 13.5. The average molecular weight is 608 g/mol. The number of aromatic nitrogens is 1. The van der Waals surface area contributed by atoms with E-state index in [0.29, 0.717) is 0 Å². The number of fused-ring (bicyclic) bond motifs is 1. The molecule has 1 atom stereocenters. The maximum Gasteiger partial charge on any atom is 0.416 e. The van der Waals surface area contributed by atoms with Crippen LogP contribution < -0.4 is 10.3 Å². The van der Waals surface area contributed by atoms with Crippen molar-refractivity contribution in [2.75, 3.05) is 5.75 Å². The van der Waals surface area contributed by atoms with Gasteiger partial charge in [-0.15, -0.1) is 11.8 Å². The molecule has 0 fully saturated rings. The topological polar surface area (TPSA) is 48.3 Å². The third kappa shape index (κ3) is 5.31. The van der Waals surface area contributed by atoms with Crippen molar-refractivity contribution >= 4 is 17.5 Å². The number of alkyl halides is 5. The van der Waals surface area contributed by atoms with Gasteiger partial charge in [-0.3, -0.25) is 14.2 Å². The molecular weight excluding hydrogens is 587 g/mol. The van der Waals surface area contributed by atoms with Crippen LogP contribution in [0, 0.1) is 18.6 Å². The molecule has 0 spiro atoms. The van der Waals surface area contributed by atoms with E-state index in [1.54, 1.807) is 18.2 Å². The molecular formula is C30H20F7NO3S. The van der Waals surface area contributed by atoms with Crippen LogP contribution in [-0.4, -0.2) is 22.7 Å². The predicted molar refractivity (Wildman–Crippen MR) is 142 cm³/mol. The number of benzene rings is 3. The lowest BCUT2D eigenvalue weighted by atomic mass is 9.92. The number of hydrogen-bond acceptors (Lipinski definition) is 4. The molecule has 1 aliphatic heterocycles. The van der Waals surface area contributed by atoms with Gasteiger partial charge in [-0.1, -0.05) is 48.5 Å². The lowest BCUT2D eigenvalue weighted by Crippen LogP contribution is -2.31. The van der Waals surface area contributed by atoms with E-state index in [4.69, 9.17) is 0 Å². The number of pyridine rings is 1. The second-order valence-electron chi connectivity index (χ2n) is 9.45. The molecule has 0 bridgehead atoms. The summed E-state index contributed by atoms with van der Waals surface area (Å²) in [7, 11) is 0. The number of nitrogens with zero attached hydrogens (tertiary/aromatic N) is 1. The van der Waals surface area contributed by atoms with Gasteiger partial charge in [0.25, 0.3) is 5.56 Å². The van der Waals surface area contributed by atoms with E-state index in [9.17, 15) is 35.9 Å². The lowest BCUT2D eigenvalue weighted by Gasteiger charge is -2.22. The number of carbonyl (C=O) groups excluding carboxylic acids is 1. The first-order valence-electron chi connectivity index (χ1n) is 12.5. The first kappa shape index (κ1) is 29.4. The smallest absolute Gasteiger partial charge is 0.416 e. The lowest BCUT2D eigenvalue weighted by molar-refractivity contribution is -0.138. The summed E-state index contributed by atoms with van der Waals surface area (Å²) in [5, 5.41) is 0.132. The van der Waals surface area contributed by atoms with Crippen molar-refractivity contribution in [2.45, 2.75) is 37.2 Å². The van der Waals surface area contributed by atoms with Crippen LogP contribution in [0.3, 0.4) is 0 Å². The summed E-state index contributed by atoms with van der Waals surface area (Å²) in [5.41, 5.74) is -3.28. The molecule has 1 unspecified atom stereocenters. The summed E-state index contributed by atoms with van der Waals surface area (Å²) in [6.07, 6.45) is -5.56. The van der Waals surface area contributed by atoms with E-state index in [1.165, 1.54) is 25.1 Å². The van der Waals surface area contributed by atoms with E-state index >= 15 is 4.39 Å². The van der Waals surface area contributed by atoms with Crippen molar-refractivity contribution in [1.82, 2.24) is 4.57 Å². The van der Waals surface area contributed by atoms with Crippen LogP contribution in [0.15, 0.2) is 76.6 Å². The van der Waals surface area contributed by atoms with Crippen molar-refractivity contribution in [1.29, 1.82) is 0 Å². The Morgan fingerprint density at radius 2 is 1.69 bits per heavy atom. The third-order valence-corrected chi connectivity index (χ3v) is 8.21. The van der Waals surface area contributed by atoms with Gasteiger partial charge in [0.05, 0.1) is 16.2 Å². The second kappa shape index (κ2) is 11.3. The van der Waals surface area contributed by atoms with Gasteiger partial charge < -0.3 is 4.74 Å². The zero-order chi connectivity index (χ0) is 30.3. The van der Waals surface area contributed by atoms with Crippen molar-refractivity contribution in [3.8, 4) is 16.9 Å². The van der Waals surface area contributed by atoms with E-state index < -0.39 is 70.7 Å². The molecule has 0 saturated heterocycles. The molecule has 4 aromatic rings. The van der Waals surface area contributed by atoms with Crippen LogP contribution in [-0.2, 0) is 12.6 Å². The molecule has 218 valence electrons. The normalized spacial score (nSPS) is 14.7. The number of thioether (sulfide) groups is 1. The summed E-state index contributed by atoms with van der Waals surface area (Å²) in [4.78, 5) is 27.5.